The summed E-state index contributed by atoms with van der Waals surface area (Å²) < 4.78 is 13.4. The number of likely N-dealkylation sites (N-methyl/N-ethyl adjacent to an activating group) is 1. The summed E-state index contributed by atoms with van der Waals surface area (Å²) in [4.78, 5) is 33.8. The minimum Gasteiger partial charge on any atom is -0.343 e. The number of halogens is 1. The summed E-state index contributed by atoms with van der Waals surface area (Å²) in [5, 5.41) is 3.48. The van der Waals surface area contributed by atoms with Crippen LogP contribution in [0.15, 0.2) is 54.6 Å². The van der Waals surface area contributed by atoms with Crippen molar-refractivity contribution < 1.29 is 14.0 Å². The molecule has 0 aromatic heterocycles. The van der Waals surface area contributed by atoms with E-state index >= 15 is 0 Å². The SMILES string of the molecule is CN1C(=O)N(CCc2ccccc2)C(=O)C2C1NC1N(c3ccc(F)cc3)CCCN21. The number of nitrogens with zero attached hydrogens (tertiary/aromatic N) is 4. The third kappa shape index (κ3) is 3.45. The summed E-state index contributed by atoms with van der Waals surface area (Å²) in [5.74, 6) is -0.430. The van der Waals surface area contributed by atoms with Gasteiger partial charge in [-0.25, -0.2) is 9.18 Å². The molecule has 3 aliphatic rings. The average molecular weight is 423 g/mol. The zero-order valence-electron chi connectivity index (χ0n) is 17.4. The summed E-state index contributed by atoms with van der Waals surface area (Å²) >= 11 is 0. The minimum absolute atomic E-state index is 0.153. The van der Waals surface area contributed by atoms with Crippen LogP contribution >= 0.6 is 0 Å². The lowest BCUT2D eigenvalue weighted by Crippen LogP contribution is -2.66. The number of nitrogens with one attached hydrogen (secondary N) is 1. The van der Waals surface area contributed by atoms with E-state index in [1.54, 1.807) is 24.1 Å². The van der Waals surface area contributed by atoms with Crippen LogP contribution in [0.5, 0.6) is 0 Å². The first-order valence-corrected chi connectivity index (χ1v) is 10.7. The van der Waals surface area contributed by atoms with E-state index in [1.165, 1.54) is 17.0 Å². The van der Waals surface area contributed by atoms with Gasteiger partial charge in [-0.3, -0.25) is 19.9 Å². The fourth-order valence-electron chi connectivity index (χ4n) is 4.91. The molecule has 0 aliphatic carbocycles. The fourth-order valence-corrected chi connectivity index (χ4v) is 4.91. The summed E-state index contributed by atoms with van der Waals surface area (Å²) in [6, 6.07) is 15.6. The van der Waals surface area contributed by atoms with Crippen LogP contribution in [0.4, 0.5) is 14.9 Å². The van der Waals surface area contributed by atoms with Gasteiger partial charge in [0, 0.05) is 32.4 Å². The number of urea groups is 1. The zero-order chi connectivity index (χ0) is 21.5. The highest BCUT2D eigenvalue weighted by atomic mass is 19.1. The van der Waals surface area contributed by atoms with Crippen LogP contribution in [-0.4, -0.2) is 71.8 Å². The van der Waals surface area contributed by atoms with Gasteiger partial charge in [-0.15, -0.1) is 0 Å². The van der Waals surface area contributed by atoms with Gasteiger partial charge in [-0.2, -0.15) is 0 Å². The van der Waals surface area contributed by atoms with Gasteiger partial charge >= 0.3 is 6.03 Å². The maximum Gasteiger partial charge on any atom is 0.327 e. The van der Waals surface area contributed by atoms with Gasteiger partial charge in [-0.1, -0.05) is 30.3 Å². The Morgan fingerprint density at radius 1 is 1.03 bits per heavy atom. The molecule has 0 radical (unpaired) electrons. The summed E-state index contributed by atoms with van der Waals surface area (Å²) in [7, 11) is 1.75. The van der Waals surface area contributed by atoms with Gasteiger partial charge in [0.05, 0.1) is 0 Å². The van der Waals surface area contributed by atoms with Crippen LogP contribution in [0, 0.1) is 5.82 Å². The van der Waals surface area contributed by atoms with Gasteiger partial charge in [-0.05, 0) is 42.7 Å². The van der Waals surface area contributed by atoms with E-state index < -0.39 is 6.04 Å². The van der Waals surface area contributed by atoms with Crippen molar-refractivity contribution >= 4 is 17.6 Å². The molecular formula is C23H26FN5O2. The molecule has 5 rings (SSSR count). The Morgan fingerprint density at radius 3 is 2.52 bits per heavy atom. The average Bonchev–Trinajstić information content (AvgIpc) is 3.19. The van der Waals surface area contributed by atoms with Crippen LogP contribution in [0.3, 0.4) is 0 Å². The molecular weight excluding hydrogens is 397 g/mol. The maximum atomic E-state index is 13.5. The van der Waals surface area contributed by atoms with Crippen LogP contribution in [0.2, 0.25) is 0 Å². The molecule has 3 unspecified atom stereocenters. The number of amides is 3. The number of anilines is 1. The first kappa shape index (κ1) is 20.0. The van der Waals surface area contributed by atoms with E-state index in [4.69, 9.17) is 0 Å². The molecule has 2 aromatic rings. The molecule has 3 amide bonds. The number of hydrogen-bond acceptors (Lipinski definition) is 5. The van der Waals surface area contributed by atoms with Crippen molar-refractivity contribution in [2.24, 2.45) is 0 Å². The highest BCUT2D eigenvalue weighted by molar-refractivity contribution is 6.00. The van der Waals surface area contributed by atoms with Crippen molar-refractivity contribution in [1.82, 2.24) is 20.0 Å². The second-order valence-corrected chi connectivity index (χ2v) is 8.31. The number of carbonyl (C=O) groups excluding carboxylic acids is 2. The van der Waals surface area contributed by atoms with Crippen molar-refractivity contribution in [3.05, 3.63) is 66.0 Å². The number of imide groups is 1. The number of fused-ring (bicyclic) bond motifs is 3. The highest BCUT2D eigenvalue weighted by Crippen LogP contribution is 2.33. The molecule has 162 valence electrons. The second kappa shape index (κ2) is 7.94. The first-order valence-electron chi connectivity index (χ1n) is 10.7. The molecule has 7 nitrogen and oxygen atoms in total. The first-order chi connectivity index (χ1) is 15.0. The normalized spacial score (nSPS) is 26.3. The third-order valence-corrected chi connectivity index (χ3v) is 6.50. The molecule has 31 heavy (non-hydrogen) atoms. The predicted molar refractivity (Wildman–Crippen MR) is 115 cm³/mol. The highest BCUT2D eigenvalue weighted by Gasteiger charge is 2.55. The molecule has 3 saturated heterocycles. The molecule has 3 heterocycles. The molecule has 3 atom stereocenters. The lowest BCUT2D eigenvalue weighted by atomic mass is 10.1. The molecule has 0 saturated carbocycles. The standard InChI is InChI=1S/C23H26FN5O2/c1-26-20-19(21(30)29(23(26)31)15-12-16-6-3-2-4-7-16)28-14-5-13-27(22(28)25-20)18-10-8-17(24)9-11-18/h2-4,6-11,19-20,22,25H,5,12-15H2,1H3. The van der Waals surface area contributed by atoms with Crippen molar-refractivity contribution in [1.29, 1.82) is 0 Å². The monoisotopic (exact) mass is 423 g/mol. The Morgan fingerprint density at radius 2 is 1.77 bits per heavy atom. The van der Waals surface area contributed by atoms with E-state index in [9.17, 15) is 14.0 Å². The summed E-state index contributed by atoms with van der Waals surface area (Å²) in [5.41, 5.74) is 1.99. The number of benzene rings is 2. The van der Waals surface area contributed by atoms with Gasteiger partial charge < -0.3 is 9.80 Å². The quantitative estimate of drug-likeness (QED) is 0.816. The van der Waals surface area contributed by atoms with Crippen LogP contribution in [0.1, 0.15) is 12.0 Å². The van der Waals surface area contributed by atoms with Gasteiger partial charge in [0.25, 0.3) is 5.91 Å². The lowest BCUT2D eigenvalue weighted by Gasteiger charge is -2.43. The van der Waals surface area contributed by atoms with Crippen molar-refractivity contribution in [3.63, 3.8) is 0 Å². The van der Waals surface area contributed by atoms with Crippen LogP contribution in [-0.2, 0) is 11.2 Å². The van der Waals surface area contributed by atoms with E-state index in [2.05, 4.69) is 15.1 Å². The molecule has 2 aromatic carbocycles. The van der Waals surface area contributed by atoms with Gasteiger partial charge in [0.15, 0.2) is 0 Å². The van der Waals surface area contributed by atoms with E-state index in [0.29, 0.717) is 13.0 Å². The smallest absolute Gasteiger partial charge is 0.327 e. The number of rotatable bonds is 4. The van der Waals surface area contributed by atoms with Crippen LogP contribution < -0.4 is 10.2 Å². The number of hydrogen-bond donors (Lipinski definition) is 1. The molecule has 1 N–H and O–H groups in total. The molecule has 0 bridgehead atoms. The maximum absolute atomic E-state index is 13.5. The van der Waals surface area contributed by atoms with Crippen molar-refractivity contribution in [2.75, 3.05) is 31.6 Å². The summed E-state index contributed by atoms with van der Waals surface area (Å²) in [6.45, 7) is 1.91. The molecule has 3 fully saturated rings. The summed E-state index contributed by atoms with van der Waals surface area (Å²) in [6.07, 6.45) is 0.900. The van der Waals surface area contributed by atoms with E-state index in [1.807, 2.05) is 30.3 Å². The topological polar surface area (TPSA) is 59.1 Å². The Balaban J connectivity index is 1.38. The predicted octanol–water partition coefficient (Wildman–Crippen LogP) is 2.06. The van der Waals surface area contributed by atoms with E-state index in [0.717, 1.165) is 30.8 Å². The molecule has 3 aliphatic heterocycles. The Kier molecular flexibility index (Phi) is 5.11. The number of carbonyl (C=O) groups is 2. The van der Waals surface area contributed by atoms with Gasteiger partial charge in [0.2, 0.25) is 0 Å². The van der Waals surface area contributed by atoms with Gasteiger partial charge in [0.1, 0.15) is 24.3 Å². The lowest BCUT2D eigenvalue weighted by molar-refractivity contribution is -0.138. The van der Waals surface area contributed by atoms with Crippen molar-refractivity contribution in [3.8, 4) is 0 Å². The third-order valence-electron chi connectivity index (χ3n) is 6.50. The fraction of sp³-hybridized carbons (Fsp3) is 0.391. The molecule has 8 heteroatoms. The largest absolute Gasteiger partial charge is 0.343 e. The molecule has 0 spiro atoms. The van der Waals surface area contributed by atoms with Crippen LogP contribution in [0.25, 0.3) is 0 Å². The Labute approximate surface area is 181 Å². The second-order valence-electron chi connectivity index (χ2n) is 8.31. The zero-order valence-corrected chi connectivity index (χ0v) is 17.4. The Hall–Kier alpha value is -2.97. The Bertz CT molecular complexity index is 970. The van der Waals surface area contributed by atoms with E-state index in [-0.39, 0.29) is 30.2 Å². The van der Waals surface area contributed by atoms with Crippen molar-refractivity contribution in [2.45, 2.75) is 31.3 Å². The minimum atomic E-state index is -0.438.